The van der Waals surface area contributed by atoms with Crippen LogP contribution >= 0.6 is 0 Å². The largest absolute Gasteiger partial charge is 0.339 e. The molecule has 0 amide bonds. The lowest BCUT2D eigenvalue weighted by atomic mass is 10.3. The predicted octanol–water partition coefficient (Wildman–Crippen LogP) is 0.468. The molecule has 0 spiro atoms. The lowest BCUT2D eigenvalue weighted by Crippen LogP contribution is -2.19. The second-order valence-corrected chi connectivity index (χ2v) is 2.00. The number of hydrogen-bond donors (Lipinski definition) is 1. The van der Waals surface area contributed by atoms with Gasteiger partial charge in [0.15, 0.2) is 0 Å². The van der Waals surface area contributed by atoms with Gasteiger partial charge in [0.1, 0.15) is 0 Å². The molecule has 0 heterocycles. The molecular formula is C6H7NO3. The second-order valence-electron chi connectivity index (χ2n) is 2.00. The van der Waals surface area contributed by atoms with Crippen LogP contribution in [0.1, 0.15) is 6.42 Å². The molecule has 0 aromatic carbocycles. The fraction of sp³-hybridized carbons (Fsp3) is 0.333. The van der Waals surface area contributed by atoms with E-state index in [9.17, 15) is 10.1 Å². The Kier molecular flexibility index (Phi) is 1.82. The molecule has 1 aliphatic carbocycles. The summed E-state index contributed by atoms with van der Waals surface area (Å²) in [6, 6.07) is 0. The molecule has 0 bridgehead atoms. The van der Waals surface area contributed by atoms with Gasteiger partial charge in [-0.3, -0.25) is 10.1 Å². The predicted molar refractivity (Wildman–Crippen MR) is 34.8 cm³/mol. The van der Waals surface area contributed by atoms with Crippen molar-refractivity contribution in [3.8, 4) is 0 Å². The van der Waals surface area contributed by atoms with Crippen LogP contribution in [0.15, 0.2) is 23.8 Å². The molecule has 54 valence electrons. The molecule has 0 saturated heterocycles. The van der Waals surface area contributed by atoms with Crippen LogP contribution in [0.5, 0.6) is 0 Å². The fourth-order valence-electron chi connectivity index (χ4n) is 0.789. The Morgan fingerprint density at radius 3 is 2.90 bits per heavy atom. The van der Waals surface area contributed by atoms with Gasteiger partial charge in [-0.2, -0.15) is 0 Å². The van der Waals surface area contributed by atoms with Crippen LogP contribution in [0.4, 0.5) is 0 Å². The Bertz CT molecular complexity index is 207. The van der Waals surface area contributed by atoms with E-state index in [0.29, 0.717) is 12.0 Å². The summed E-state index contributed by atoms with van der Waals surface area (Å²) in [7, 11) is 0. The third-order valence-electron chi connectivity index (χ3n) is 1.30. The molecule has 1 atom stereocenters. The van der Waals surface area contributed by atoms with E-state index in [-0.39, 0.29) is 0 Å². The molecule has 1 N–H and O–H groups in total. The highest BCUT2D eigenvalue weighted by Gasteiger charge is 2.20. The first-order chi connectivity index (χ1) is 4.72. The van der Waals surface area contributed by atoms with Gasteiger partial charge in [-0.1, -0.05) is 18.2 Å². The molecule has 0 radical (unpaired) electrons. The van der Waals surface area contributed by atoms with Crippen molar-refractivity contribution in [2.45, 2.75) is 12.6 Å². The van der Waals surface area contributed by atoms with E-state index in [1.54, 1.807) is 18.2 Å². The summed E-state index contributed by atoms with van der Waals surface area (Å²) >= 11 is 0. The monoisotopic (exact) mass is 141 g/mol. The van der Waals surface area contributed by atoms with Crippen molar-refractivity contribution in [1.82, 2.24) is 0 Å². The molecule has 10 heavy (non-hydrogen) atoms. The highest BCUT2D eigenvalue weighted by Crippen LogP contribution is 2.12. The average Bonchev–Trinajstić information content (AvgIpc) is 2.36. The number of allylic oxidation sites excluding steroid dienone is 2. The quantitative estimate of drug-likeness (QED) is 0.345. The van der Waals surface area contributed by atoms with Crippen LogP contribution in [0.25, 0.3) is 0 Å². The highest BCUT2D eigenvalue weighted by atomic mass is 16.7. The van der Waals surface area contributed by atoms with Crippen molar-refractivity contribution in [2.24, 2.45) is 0 Å². The Balaban J connectivity index is 2.65. The number of nitrogens with zero attached hydrogens (tertiary/aromatic N) is 1. The molecule has 0 aromatic rings. The molecule has 4 nitrogen and oxygen atoms in total. The summed E-state index contributed by atoms with van der Waals surface area (Å²) < 4.78 is 0. The first-order valence-electron chi connectivity index (χ1n) is 2.90. The van der Waals surface area contributed by atoms with Crippen molar-refractivity contribution in [3.63, 3.8) is 0 Å². The summed E-state index contributed by atoms with van der Waals surface area (Å²) in [5, 5.41) is 18.8. The lowest BCUT2D eigenvalue weighted by molar-refractivity contribution is -0.557. The van der Waals surface area contributed by atoms with E-state index in [0.717, 1.165) is 0 Å². The Labute approximate surface area is 57.6 Å². The zero-order valence-electron chi connectivity index (χ0n) is 5.23. The van der Waals surface area contributed by atoms with Gasteiger partial charge < -0.3 is 5.11 Å². The zero-order valence-corrected chi connectivity index (χ0v) is 5.23. The molecule has 1 rings (SSSR count). The average molecular weight is 141 g/mol. The van der Waals surface area contributed by atoms with E-state index >= 15 is 0 Å². The topological polar surface area (TPSA) is 63.4 Å². The van der Waals surface area contributed by atoms with Crippen LogP contribution in [0, 0.1) is 10.1 Å². The maximum atomic E-state index is 9.97. The summed E-state index contributed by atoms with van der Waals surface area (Å²) in [5.41, 5.74) is 0.380. The van der Waals surface area contributed by atoms with Gasteiger partial charge in [0.25, 0.3) is 0 Å². The minimum Gasteiger partial charge on any atom is -0.329 e. The van der Waals surface area contributed by atoms with Crippen molar-refractivity contribution >= 4 is 0 Å². The SMILES string of the molecule is O=[N+]([O-])C(O)C1=CCC=C1. The number of nitro groups is 1. The van der Waals surface area contributed by atoms with Gasteiger partial charge in [-0.05, 0) is 6.42 Å². The van der Waals surface area contributed by atoms with Gasteiger partial charge in [0.05, 0.1) is 10.5 Å². The van der Waals surface area contributed by atoms with Crippen LogP contribution in [0.3, 0.4) is 0 Å². The van der Waals surface area contributed by atoms with Gasteiger partial charge >= 0.3 is 6.23 Å². The summed E-state index contributed by atoms with van der Waals surface area (Å²) in [6.45, 7) is 0. The smallest absolute Gasteiger partial charge is 0.329 e. The first-order valence-corrected chi connectivity index (χ1v) is 2.90. The van der Waals surface area contributed by atoms with Crippen LogP contribution < -0.4 is 0 Å². The van der Waals surface area contributed by atoms with Crippen molar-refractivity contribution in [1.29, 1.82) is 0 Å². The zero-order chi connectivity index (χ0) is 7.56. The van der Waals surface area contributed by atoms with Crippen LogP contribution in [0.2, 0.25) is 0 Å². The van der Waals surface area contributed by atoms with Crippen molar-refractivity contribution in [3.05, 3.63) is 33.9 Å². The highest BCUT2D eigenvalue weighted by molar-refractivity contribution is 5.27. The maximum Gasteiger partial charge on any atom is 0.339 e. The molecule has 1 unspecified atom stereocenters. The summed E-state index contributed by atoms with van der Waals surface area (Å²) in [6.07, 6.45) is 4.10. The number of aliphatic hydroxyl groups is 1. The Morgan fingerprint density at radius 1 is 1.80 bits per heavy atom. The van der Waals surface area contributed by atoms with E-state index < -0.39 is 11.2 Å². The van der Waals surface area contributed by atoms with Gasteiger partial charge in [-0.25, -0.2) is 0 Å². The minimum absolute atomic E-state index is 0.380. The normalized spacial score (nSPS) is 18.7. The summed E-state index contributed by atoms with van der Waals surface area (Å²) in [5.74, 6) is 0. The number of aliphatic hydroxyl groups excluding tert-OH is 1. The summed E-state index contributed by atoms with van der Waals surface area (Å²) in [4.78, 5) is 9.25. The van der Waals surface area contributed by atoms with Crippen molar-refractivity contribution < 1.29 is 10.0 Å². The van der Waals surface area contributed by atoms with Crippen LogP contribution in [-0.2, 0) is 0 Å². The third-order valence-corrected chi connectivity index (χ3v) is 1.30. The van der Waals surface area contributed by atoms with Gasteiger partial charge in [0, 0.05) is 0 Å². The van der Waals surface area contributed by atoms with E-state index in [1.807, 2.05) is 0 Å². The molecule has 0 aliphatic heterocycles. The second kappa shape index (κ2) is 2.62. The lowest BCUT2D eigenvalue weighted by Gasteiger charge is -1.98. The van der Waals surface area contributed by atoms with Crippen LogP contribution in [-0.4, -0.2) is 16.3 Å². The standard InChI is InChI=1S/C6H7NO3/c8-6(7(9)10)5-3-1-2-4-5/h1,3-4,6,8H,2H2. The third kappa shape index (κ3) is 1.22. The molecule has 0 fully saturated rings. The van der Waals surface area contributed by atoms with E-state index in [1.165, 1.54) is 0 Å². The molecular weight excluding hydrogens is 134 g/mol. The number of rotatable bonds is 2. The fourth-order valence-corrected chi connectivity index (χ4v) is 0.789. The van der Waals surface area contributed by atoms with Gasteiger partial charge in [0.2, 0.25) is 0 Å². The molecule has 0 aromatic heterocycles. The maximum absolute atomic E-state index is 9.97. The molecule has 4 heteroatoms. The molecule has 0 saturated carbocycles. The molecule has 1 aliphatic rings. The van der Waals surface area contributed by atoms with Gasteiger partial charge in [-0.15, -0.1) is 0 Å². The van der Waals surface area contributed by atoms with Crippen molar-refractivity contribution in [2.75, 3.05) is 0 Å². The Morgan fingerprint density at radius 2 is 2.50 bits per heavy atom. The number of hydrogen-bond acceptors (Lipinski definition) is 3. The first kappa shape index (κ1) is 6.95. The Hall–Kier alpha value is -1.16. The minimum atomic E-state index is -1.54. The van der Waals surface area contributed by atoms with E-state index in [2.05, 4.69) is 0 Å². The van der Waals surface area contributed by atoms with E-state index in [4.69, 9.17) is 5.11 Å².